The molecular formula is C15H20O. The molecule has 0 bridgehead atoms. The van der Waals surface area contributed by atoms with Crippen LogP contribution in [-0.4, -0.2) is 5.78 Å². The molecule has 1 saturated carbocycles. The number of hydrogen-bond donors (Lipinski definition) is 0. The number of rotatable bonds is 2. The van der Waals surface area contributed by atoms with Gasteiger partial charge in [-0.1, -0.05) is 24.1 Å². The molecule has 0 spiro atoms. The Hall–Kier alpha value is -1.11. The minimum atomic E-state index is -0.151. The van der Waals surface area contributed by atoms with Crippen LogP contribution in [0.2, 0.25) is 0 Å². The van der Waals surface area contributed by atoms with Crippen molar-refractivity contribution in [1.82, 2.24) is 0 Å². The number of carbonyl (C=O) groups excluding carboxylic acids is 1. The van der Waals surface area contributed by atoms with E-state index in [4.69, 9.17) is 0 Å². The van der Waals surface area contributed by atoms with E-state index in [1.807, 2.05) is 0 Å². The van der Waals surface area contributed by atoms with E-state index < -0.39 is 0 Å². The molecule has 1 aromatic carbocycles. The van der Waals surface area contributed by atoms with Gasteiger partial charge in [0.1, 0.15) is 5.78 Å². The fraction of sp³-hybridized carbons (Fsp3) is 0.533. The predicted molar refractivity (Wildman–Crippen MR) is 66.9 cm³/mol. The quantitative estimate of drug-likeness (QED) is 0.738. The van der Waals surface area contributed by atoms with Gasteiger partial charge in [-0.25, -0.2) is 0 Å². The molecule has 0 radical (unpaired) electrons. The average Bonchev–Trinajstić information content (AvgIpc) is 2.06. The zero-order valence-corrected chi connectivity index (χ0v) is 10.7. The third-order valence-corrected chi connectivity index (χ3v) is 4.04. The van der Waals surface area contributed by atoms with E-state index in [-0.39, 0.29) is 5.41 Å². The van der Waals surface area contributed by atoms with Gasteiger partial charge in [0.25, 0.3) is 0 Å². The van der Waals surface area contributed by atoms with E-state index in [1.165, 1.54) is 28.7 Å². The molecule has 1 aliphatic rings. The van der Waals surface area contributed by atoms with Crippen LogP contribution in [0.25, 0.3) is 0 Å². The lowest BCUT2D eigenvalue weighted by Crippen LogP contribution is -2.42. The van der Waals surface area contributed by atoms with Gasteiger partial charge in [-0.05, 0) is 57.2 Å². The summed E-state index contributed by atoms with van der Waals surface area (Å²) in [4.78, 5) is 11.9. The normalized spacial score (nSPS) is 18.0. The molecule has 1 aromatic rings. The Bertz CT molecular complexity index is 416. The number of carbonyl (C=O) groups is 1. The van der Waals surface area contributed by atoms with Crippen molar-refractivity contribution in [3.05, 3.63) is 34.4 Å². The lowest BCUT2D eigenvalue weighted by molar-refractivity contribution is -0.125. The zero-order valence-electron chi connectivity index (χ0n) is 10.7. The van der Waals surface area contributed by atoms with Crippen LogP contribution in [-0.2, 0) is 10.2 Å². The second-order valence-corrected chi connectivity index (χ2v) is 5.27. The SMILES string of the molecule is CC(=O)C1(c2c(C)cc(C)cc2C)CCC1. The van der Waals surface area contributed by atoms with Gasteiger partial charge >= 0.3 is 0 Å². The lowest BCUT2D eigenvalue weighted by Gasteiger charge is -2.42. The second kappa shape index (κ2) is 3.73. The predicted octanol–water partition coefficient (Wildman–Crippen LogP) is 3.62. The number of Topliss-reactive ketones (excluding diaryl/α,β-unsaturated/α-hetero) is 1. The maximum Gasteiger partial charge on any atom is 0.140 e. The van der Waals surface area contributed by atoms with E-state index in [1.54, 1.807) is 6.92 Å². The van der Waals surface area contributed by atoms with Crippen molar-refractivity contribution in [3.8, 4) is 0 Å². The Morgan fingerprint density at radius 2 is 1.62 bits per heavy atom. The van der Waals surface area contributed by atoms with Gasteiger partial charge < -0.3 is 0 Å². The van der Waals surface area contributed by atoms with Crippen LogP contribution in [0.4, 0.5) is 0 Å². The fourth-order valence-electron chi connectivity index (χ4n) is 3.24. The first-order chi connectivity index (χ1) is 7.47. The van der Waals surface area contributed by atoms with Crippen LogP contribution < -0.4 is 0 Å². The van der Waals surface area contributed by atoms with Crippen LogP contribution in [0, 0.1) is 20.8 Å². The van der Waals surface area contributed by atoms with Crippen molar-refractivity contribution >= 4 is 5.78 Å². The van der Waals surface area contributed by atoms with Crippen molar-refractivity contribution in [3.63, 3.8) is 0 Å². The third kappa shape index (κ3) is 1.50. The summed E-state index contributed by atoms with van der Waals surface area (Å²) in [5.74, 6) is 0.341. The van der Waals surface area contributed by atoms with Gasteiger partial charge in [0.15, 0.2) is 0 Å². The van der Waals surface area contributed by atoms with Gasteiger partial charge in [-0.15, -0.1) is 0 Å². The maximum atomic E-state index is 11.9. The monoisotopic (exact) mass is 216 g/mol. The van der Waals surface area contributed by atoms with Gasteiger partial charge in [0, 0.05) is 0 Å². The average molecular weight is 216 g/mol. The Morgan fingerprint density at radius 3 is 1.94 bits per heavy atom. The summed E-state index contributed by atoms with van der Waals surface area (Å²) in [5.41, 5.74) is 5.01. The van der Waals surface area contributed by atoms with Crippen molar-refractivity contribution in [1.29, 1.82) is 0 Å². The van der Waals surface area contributed by atoms with Crippen LogP contribution in [0.5, 0.6) is 0 Å². The van der Waals surface area contributed by atoms with Crippen LogP contribution in [0.1, 0.15) is 48.4 Å². The summed E-state index contributed by atoms with van der Waals surface area (Å²) in [6, 6.07) is 4.40. The molecule has 0 aliphatic heterocycles. The van der Waals surface area contributed by atoms with Crippen molar-refractivity contribution < 1.29 is 4.79 Å². The molecule has 0 atom stereocenters. The third-order valence-electron chi connectivity index (χ3n) is 4.04. The largest absolute Gasteiger partial charge is 0.299 e. The number of ketones is 1. The number of benzene rings is 1. The Balaban J connectivity index is 2.59. The number of aryl methyl sites for hydroxylation is 3. The van der Waals surface area contributed by atoms with E-state index >= 15 is 0 Å². The van der Waals surface area contributed by atoms with Crippen molar-refractivity contribution in [2.75, 3.05) is 0 Å². The molecule has 1 aliphatic carbocycles. The highest BCUT2D eigenvalue weighted by molar-refractivity contribution is 5.90. The molecule has 0 N–H and O–H groups in total. The summed E-state index contributed by atoms with van der Waals surface area (Å²) in [5, 5.41) is 0. The molecule has 1 fully saturated rings. The molecule has 0 amide bonds. The Morgan fingerprint density at radius 1 is 1.12 bits per heavy atom. The topological polar surface area (TPSA) is 17.1 Å². The molecule has 0 unspecified atom stereocenters. The van der Waals surface area contributed by atoms with E-state index in [9.17, 15) is 4.79 Å². The van der Waals surface area contributed by atoms with E-state index in [2.05, 4.69) is 32.9 Å². The molecule has 0 aromatic heterocycles. The fourth-order valence-corrected chi connectivity index (χ4v) is 3.24. The highest BCUT2D eigenvalue weighted by Gasteiger charge is 2.44. The summed E-state index contributed by atoms with van der Waals surface area (Å²) >= 11 is 0. The first-order valence-electron chi connectivity index (χ1n) is 6.07. The van der Waals surface area contributed by atoms with E-state index in [0.29, 0.717) is 5.78 Å². The molecule has 0 heterocycles. The van der Waals surface area contributed by atoms with Gasteiger partial charge in [0.2, 0.25) is 0 Å². The second-order valence-electron chi connectivity index (χ2n) is 5.27. The summed E-state index contributed by atoms with van der Waals surface area (Å²) in [6.07, 6.45) is 3.26. The van der Waals surface area contributed by atoms with Gasteiger partial charge in [-0.2, -0.15) is 0 Å². The standard InChI is InChI=1S/C15H20O/c1-10-8-11(2)14(12(3)9-10)15(13(4)16)6-5-7-15/h8-9H,5-7H2,1-4H3. The molecule has 0 saturated heterocycles. The van der Waals surface area contributed by atoms with Crippen LogP contribution in [0.15, 0.2) is 12.1 Å². The Labute approximate surface area is 97.9 Å². The van der Waals surface area contributed by atoms with Gasteiger partial charge in [-0.3, -0.25) is 4.79 Å². The van der Waals surface area contributed by atoms with Crippen molar-refractivity contribution in [2.24, 2.45) is 0 Å². The molecule has 1 nitrogen and oxygen atoms in total. The summed E-state index contributed by atoms with van der Waals surface area (Å²) in [7, 11) is 0. The molecular weight excluding hydrogens is 196 g/mol. The van der Waals surface area contributed by atoms with Crippen LogP contribution in [0.3, 0.4) is 0 Å². The summed E-state index contributed by atoms with van der Waals surface area (Å²) in [6.45, 7) is 8.14. The zero-order chi connectivity index (χ0) is 11.9. The minimum Gasteiger partial charge on any atom is -0.299 e. The van der Waals surface area contributed by atoms with Crippen LogP contribution >= 0.6 is 0 Å². The molecule has 2 rings (SSSR count). The van der Waals surface area contributed by atoms with E-state index in [0.717, 1.165) is 12.8 Å². The Kier molecular flexibility index (Phi) is 2.65. The maximum absolute atomic E-state index is 11.9. The number of hydrogen-bond acceptors (Lipinski definition) is 1. The van der Waals surface area contributed by atoms with Crippen molar-refractivity contribution in [2.45, 2.75) is 52.4 Å². The minimum absolute atomic E-state index is 0.151. The summed E-state index contributed by atoms with van der Waals surface area (Å²) < 4.78 is 0. The first kappa shape index (κ1) is 11.4. The highest BCUT2D eigenvalue weighted by Crippen LogP contribution is 2.47. The highest BCUT2D eigenvalue weighted by atomic mass is 16.1. The first-order valence-corrected chi connectivity index (χ1v) is 6.07. The van der Waals surface area contributed by atoms with Gasteiger partial charge in [0.05, 0.1) is 5.41 Å². The molecule has 86 valence electrons. The molecule has 16 heavy (non-hydrogen) atoms. The lowest BCUT2D eigenvalue weighted by atomic mass is 9.60. The smallest absolute Gasteiger partial charge is 0.140 e. The molecule has 1 heteroatoms.